The lowest BCUT2D eigenvalue weighted by molar-refractivity contribution is -0.140. The van der Waals surface area contributed by atoms with E-state index in [1.807, 2.05) is 0 Å². The van der Waals surface area contributed by atoms with Crippen molar-refractivity contribution in [2.24, 2.45) is 17.8 Å². The van der Waals surface area contributed by atoms with E-state index >= 15 is 0 Å². The second-order valence-electron chi connectivity index (χ2n) is 5.14. The monoisotopic (exact) mass is 241 g/mol. The molecule has 0 heterocycles. The van der Waals surface area contributed by atoms with Crippen LogP contribution < -0.4 is 5.32 Å². The fourth-order valence-electron chi connectivity index (χ4n) is 2.55. The first-order valence-electron chi connectivity index (χ1n) is 6.28. The van der Waals surface area contributed by atoms with Gasteiger partial charge >= 0.3 is 5.97 Å². The molecule has 2 rings (SSSR count). The summed E-state index contributed by atoms with van der Waals surface area (Å²) in [6.45, 7) is 0.475. The molecule has 3 N–H and O–H groups in total. The Labute approximate surface area is 100 Å². The molecule has 2 fully saturated rings. The second kappa shape index (κ2) is 5.04. The third-order valence-corrected chi connectivity index (χ3v) is 3.85. The van der Waals surface area contributed by atoms with Crippen LogP contribution in [0.5, 0.6) is 0 Å². The van der Waals surface area contributed by atoms with Crippen LogP contribution in [-0.4, -0.2) is 34.7 Å². The van der Waals surface area contributed by atoms with Crippen LogP contribution in [0.1, 0.15) is 32.1 Å². The van der Waals surface area contributed by atoms with E-state index in [1.54, 1.807) is 0 Å². The number of carboxylic acid groups (broad SMARTS) is 1. The predicted octanol–water partition coefficient (Wildman–Crippen LogP) is 0.374. The lowest BCUT2D eigenvalue weighted by Crippen LogP contribution is -2.37. The summed E-state index contributed by atoms with van der Waals surface area (Å²) in [6, 6.07) is 0. The molecule has 0 radical (unpaired) electrons. The van der Waals surface area contributed by atoms with E-state index < -0.39 is 11.9 Å². The Morgan fingerprint density at radius 3 is 2.47 bits per heavy atom. The minimum absolute atomic E-state index is 0.134. The van der Waals surface area contributed by atoms with Gasteiger partial charge in [-0.05, 0) is 19.3 Å². The Morgan fingerprint density at radius 1 is 1.18 bits per heavy atom. The van der Waals surface area contributed by atoms with Crippen molar-refractivity contribution >= 4 is 11.9 Å². The maximum atomic E-state index is 11.6. The number of nitrogens with one attached hydrogen (secondary N) is 1. The van der Waals surface area contributed by atoms with Gasteiger partial charge in [-0.15, -0.1) is 0 Å². The van der Waals surface area contributed by atoms with Crippen molar-refractivity contribution in [3.05, 3.63) is 0 Å². The third kappa shape index (κ3) is 2.97. The van der Waals surface area contributed by atoms with Gasteiger partial charge in [-0.1, -0.05) is 12.8 Å². The van der Waals surface area contributed by atoms with Crippen molar-refractivity contribution in [3.8, 4) is 0 Å². The van der Waals surface area contributed by atoms with Gasteiger partial charge in [0.25, 0.3) is 0 Å². The first-order valence-corrected chi connectivity index (χ1v) is 6.28. The molecule has 5 nitrogen and oxygen atoms in total. The lowest BCUT2D eigenvalue weighted by atomic mass is 9.86. The highest BCUT2D eigenvalue weighted by molar-refractivity contribution is 5.89. The van der Waals surface area contributed by atoms with Crippen molar-refractivity contribution in [3.63, 3.8) is 0 Å². The molecule has 2 aliphatic carbocycles. The topological polar surface area (TPSA) is 86.6 Å². The number of amides is 1. The first-order chi connectivity index (χ1) is 8.09. The van der Waals surface area contributed by atoms with Crippen LogP contribution in [-0.2, 0) is 9.59 Å². The average molecular weight is 241 g/mol. The van der Waals surface area contributed by atoms with E-state index in [0.29, 0.717) is 13.0 Å². The number of aliphatic hydroxyl groups is 1. The van der Waals surface area contributed by atoms with Gasteiger partial charge in [-0.2, -0.15) is 0 Å². The SMILES string of the molecule is O=C(O)C1CC1C(=O)NCC1CCCCC1O. The van der Waals surface area contributed by atoms with Gasteiger partial charge in [0.05, 0.1) is 17.9 Å². The van der Waals surface area contributed by atoms with Gasteiger partial charge in [0.15, 0.2) is 0 Å². The van der Waals surface area contributed by atoms with Crippen molar-refractivity contribution in [2.45, 2.75) is 38.2 Å². The van der Waals surface area contributed by atoms with Crippen LogP contribution in [0.15, 0.2) is 0 Å². The van der Waals surface area contributed by atoms with Crippen LogP contribution in [0, 0.1) is 17.8 Å². The molecular weight excluding hydrogens is 222 g/mol. The van der Waals surface area contributed by atoms with Gasteiger partial charge in [0, 0.05) is 12.5 Å². The molecule has 0 aromatic carbocycles. The summed E-state index contributed by atoms with van der Waals surface area (Å²) >= 11 is 0. The maximum Gasteiger partial charge on any atom is 0.307 e. The molecular formula is C12H19NO4. The van der Waals surface area contributed by atoms with Crippen LogP contribution in [0.3, 0.4) is 0 Å². The van der Waals surface area contributed by atoms with Gasteiger partial charge < -0.3 is 15.5 Å². The minimum Gasteiger partial charge on any atom is -0.481 e. The Kier molecular flexibility index (Phi) is 3.66. The molecule has 4 atom stereocenters. The fourth-order valence-corrected chi connectivity index (χ4v) is 2.55. The summed E-state index contributed by atoms with van der Waals surface area (Å²) in [5.41, 5.74) is 0. The highest BCUT2D eigenvalue weighted by Crippen LogP contribution is 2.38. The summed E-state index contributed by atoms with van der Waals surface area (Å²) in [5.74, 6) is -1.77. The smallest absolute Gasteiger partial charge is 0.307 e. The molecule has 2 saturated carbocycles. The third-order valence-electron chi connectivity index (χ3n) is 3.85. The molecule has 0 saturated heterocycles. The molecule has 1 amide bonds. The Morgan fingerprint density at radius 2 is 1.88 bits per heavy atom. The number of carbonyl (C=O) groups is 2. The number of carbonyl (C=O) groups excluding carboxylic acids is 1. The molecule has 5 heteroatoms. The van der Waals surface area contributed by atoms with E-state index in [4.69, 9.17) is 5.11 Å². The standard InChI is InChI=1S/C12H19NO4/c14-10-4-2-1-3-7(10)6-13-11(15)8-5-9(8)12(16)17/h7-10,14H,1-6H2,(H,13,15)(H,16,17). The predicted molar refractivity (Wildman–Crippen MR) is 60.2 cm³/mol. The van der Waals surface area contributed by atoms with E-state index in [2.05, 4.69) is 5.32 Å². The van der Waals surface area contributed by atoms with E-state index in [0.717, 1.165) is 25.7 Å². The fraction of sp³-hybridized carbons (Fsp3) is 0.833. The summed E-state index contributed by atoms with van der Waals surface area (Å²) in [4.78, 5) is 22.2. The van der Waals surface area contributed by atoms with Crippen molar-refractivity contribution in [1.29, 1.82) is 0 Å². The molecule has 0 spiro atoms. The first kappa shape index (κ1) is 12.4. The Bertz CT molecular complexity index is 318. The van der Waals surface area contributed by atoms with E-state index in [9.17, 15) is 14.7 Å². The van der Waals surface area contributed by atoms with Crippen molar-refractivity contribution in [1.82, 2.24) is 5.32 Å². The zero-order valence-corrected chi connectivity index (χ0v) is 9.76. The largest absolute Gasteiger partial charge is 0.481 e. The normalized spacial score (nSPS) is 36.3. The molecule has 2 aliphatic rings. The Balaban J connectivity index is 1.71. The lowest BCUT2D eigenvalue weighted by Gasteiger charge is -2.27. The molecule has 0 aliphatic heterocycles. The van der Waals surface area contributed by atoms with Crippen LogP contribution in [0.25, 0.3) is 0 Å². The minimum atomic E-state index is -0.886. The number of aliphatic hydroxyl groups excluding tert-OH is 1. The second-order valence-corrected chi connectivity index (χ2v) is 5.14. The van der Waals surface area contributed by atoms with Gasteiger partial charge in [-0.3, -0.25) is 9.59 Å². The summed E-state index contributed by atoms with van der Waals surface area (Å²) in [5, 5.41) is 21.2. The van der Waals surface area contributed by atoms with E-state index in [-0.39, 0.29) is 23.8 Å². The number of carboxylic acids is 1. The Hall–Kier alpha value is -1.10. The molecule has 96 valence electrons. The number of rotatable bonds is 4. The summed E-state index contributed by atoms with van der Waals surface area (Å²) < 4.78 is 0. The average Bonchev–Trinajstić information content (AvgIpc) is 3.07. The van der Waals surface area contributed by atoms with Gasteiger partial charge in [-0.25, -0.2) is 0 Å². The van der Waals surface area contributed by atoms with Gasteiger partial charge in [0.2, 0.25) is 5.91 Å². The quantitative estimate of drug-likeness (QED) is 0.664. The number of aliphatic carboxylic acids is 1. The zero-order chi connectivity index (χ0) is 12.4. The molecule has 0 bridgehead atoms. The molecule has 17 heavy (non-hydrogen) atoms. The van der Waals surface area contributed by atoms with E-state index in [1.165, 1.54) is 0 Å². The molecule has 0 aromatic rings. The number of hydrogen-bond acceptors (Lipinski definition) is 3. The number of hydrogen-bond donors (Lipinski definition) is 3. The highest BCUT2D eigenvalue weighted by Gasteiger charge is 2.48. The maximum absolute atomic E-state index is 11.6. The molecule has 4 unspecified atom stereocenters. The van der Waals surface area contributed by atoms with Gasteiger partial charge in [0.1, 0.15) is 0 Å². The highest BCUT2D eigenvalue weighted by atomic mass is 16.4. The van der Waals surface area contributed by atoms with Crippen LogP contribution in [0.2, 0.25) is 0 Å². The van der Waals surface area contributed by atoms with Crippen molar-refractivity contribution < 1.29 is 19.8 Å². The zero-order valence-electron chi connectivity index (χ0n) is 9.76. The van der Waals surface area contributed by atoms with Crippen LogP contribution >= 0.6 is 0 Å². The molecule has 0 aromatic heterocycles. The van der Waals surface area contributed by atoms with Crippen LogP contribution in [0.4, 0.5) is 0 Å². The van der Waals surface area contributed by atoms with Crippen molar-refractivity contribution in [2.75, 3.05) is 6.54 Å². The summed E-state index contributed by atoms with van der Waals surface area (Å²) in [6.07, 6.45) is 4.03. The summed E-state index contributed by atoms with van der Waals surface area (Å²) in [7, 11) is 0.